The maximum Gasteiger partial charge on any atom is 0.410 e. The van der Waals surface area contributed by atoms with Crippen molar-refractivity contribution in [1.82, 2.24) is 45.7 Å². The molecule has 24 nitrogen and oxygen atoms in total. The highest BCUT2D eigenvalue weighted by Gasteiger charge is 2.48. The number of aromatic nitrogens is 4. The van der Waals surface area contributed by atoms with Gasteiger partial charge in [0.2, 0.25) is 23.6 Å². The number of H-pyrrole nitrogens is 1. The number of hydrogen-bond donors (Lipinski definition) is 10. The summed E-state index contributed by atoms with van der Waals surface area (Å²) in [5, 5.41) is 56.0. The van der Waals surface area contributed by atoms with E-state index in [1.807, 2.05) is 0 Å². The lowest BCUT2D eigenvalue weighted by Gasteiger charge is -2.43. The van der Waals surface area contributed by atoms with Gasteiger partial charge in [-0.05, 0) is 37.0 Å². The number of aromatic amines is 1. The quantitative estimate of drug-likeness (QED) is 0.0658. The molecule has 9 atom stereocenters. The monoisotopic (exact) mass is 879 g/mol. The first kappa shape index (κ1) is 45.9. The maximum absolute atomic E-state index is 13.5. The van der Waals surface area contributed by atoms with E-state index in [4.69, 9.17) is 9.47 Å². The number of imide groups is 1. The Morgan fingerprint density at radius 3 is 2.35 bits per heavy atom. The minimum Gasteiger partial charge on any atom is -0.445 e. The van der Waals surface area contributed by atoms with E-state index in [1.165, 1.54) is 31.7 Å². The molecule has 0 spiro atoms. The van der Waals surface area contributed by atoms with Gasteiger partial charge < -0.3 is 61.5 Å². The van der Waals surface area contributed by atoms with Crippen molar-refractivity contribution < 1.29 is 63.5 Å². The number of amides is 7. The number of fused-ring (bicyclic) bond motifs is 1. The highest BCUT2D eigenvalue weighted by Crippen LogP contribution is 2.26. The number of aliphatic hydroxyl groups is 4. The number of likely N-dealkylation sites (tertiary alicyclic amines) is 1. The number of nitrogens with zero attached hydrogens (tertiary/aromatic N) is 5. The third-order valence-corrected chi connectivity index (χ3v) is 10.7. The fourth-order valence-corrected chi connectivity index (χ4v) is 7.15. The SMILES string of the molecule is CC(C)[C@H](NC(=O)CCN1C(=O)C=CC1=O)C(=O)N[C@@H](C)C(=O)Nc1ccc(COC(=O)N2CC[C@H](O)[C@@H]2C(=O)N[C@@H]2[C@@H](O)[C@H](O)[C@@H](Nc3ncnc4nc[nH]c34)O[C@H]2CO)cc1. The summed E-state index contributed by atoms with van der Waals surface area (Å²) in [6.45, 7) is 3.70. The Morgan fingerprint density at radius 2 is 1.67 bits per heavy atom. The van der Waals surface area contributed by atoms with Crippen molar-refractivity contribution in [3.8, 4) is 0 Å². The van der Waals surface area contributed by atoms with E-state index >= 15 is 0 Å². The van der Waals surface area contributed by atoms with Gasteiger partial charge in [0.15, 0.2) is 17.7 Å². The van der Waals surface area contributed by atoms with Gasteiger partial charge in [-0.25, -0.2) is 19.7 Å². The lowest BCUT2D eigenvalue weighted by molar-refractivity contribution is -0.186. The van der Waals surface area contributed by atoms with E-state index in [9.17, 15) is 54.0 Å². The molecule has 1 aromatic carbocycles. The van der Waals surface area contributed by atoms with Crippen LogP contribution in [0, 0.1) is 5.92 Å². The molecule has 3 aromatic rings. The molecule has 24 heteroatoms. The van der Waals surface area contributed by atoms with Crippen LogP contribution in [0.4, 0.5) is 16.3 Å². The summed E-state index contributed by atoms with van der Waals surface area (Å²) in [5.74, 6) is -3.88. The van der Waals surface area contributed by atoms with E-state index in [-0.39, 0.29) is 44.3 Å². The molecule has 0 saturated carbocycles. The average Bonchev–Trinajstić information content (AvgIpc) is 3.99. The molecule has 5 heterocycles. The van der Waals surface area contributed by atoms with Gasteiger partial charge in [0.1, 0.15) is 54.9 Å². The number of carbonyl (C=O) groups is 7. The van der Waals surface area contributed by atoms with Crippen LogP contribution in [0.15, 0.2) is 49.1 Å². The number of benzene rings is 1. The standard InChI is InChI=1S/C39H49N11O13/c1-18(2)27(46-24(53)11-13-49-25(54)8-9-26(49)55)36(59)44-19(3)35(58)45-21-6-4-20(5-7-21)15-62-39(61)50-12-10-22(52)30(50)37(60)47-28-23(14-51)63-38(32(57)31(28)56)48-34-29-33(41-16-40-29)42-17-43-34/h4-9,16-19,22-23,27-28,30-32,38,51-52,56-57H,10-15H2,1-3H3,(H,44,59)(H,45,58)(H,46,53)(H,47,60)(H2,40,41,42,43,48)/t19-,22-,23-,27-,28-,30+,31+,32-,38-/m0/s1. The predicted molar refractivity (Wildman–Crippen MR) is 216 cm³/mol. The summed E-state index contributed by atoms with van der Waals surface area (Å²) in [6.07, 6.45) is -3.46. The molecule has 3 aliphatic heterocycles. The van der Waals surface area contributed by atoms with Crippen molar-refractivity contribution in [3.63, 3.8) is 0 Å². The van der Waals surface area contributed by atoms with Crippen molar-refractivity contribution in [3.05, 3.63) is 54.6 Å². The smallest absolute Gasteiger partial charge is 0.410 e. The molecule has 6 rings (SSSR count). The number of imidazole rings is 1. The van der Waals surface area contributed by atoms with Gasteiger partial charge in [0.25, 0.3) is 11.8 Å². The minimum atomic E-state index is -1.68. The molecular formula is C39H49N11O13. The largest absolute Gasteiger partial charge is 0.445 e. The van der Waals surface area contributed by atoms with Gasteiger partial charge in [0, 0.05) is 37.3 Å². The Labute approximate surface area is 358 Å². The second-order valence-electron chi connectivity index (χ2n) is 15.4. The minimum absolute atomic E-state index is 0.0271. The van der Waals surface area contributed by atoms with Gasteiger partial charge in [-0.1, -0.05) is 26.0 Å². The number of ether oxygens (including phenoxy) is 2. The summed E-state index contributed by atoms with van der Waals surface area (Å²) in [4.78, 5) is 106. The lowest BCUT2D eigenvalue weighted by Crippen LogP contribution is -2.67. The van der Waals surface area contributed by atoms with Crippen molar-refractivity contribution >= 4 is 64.2 Å². The highest BCUT2D eigenvalue weighted by atomic mass is 16.6. The highest BCUT2D eigenvalue weighted by molar-refractivity contribution is 6.13. The average molecular weight is 880 g/mol. The summed E-state index contributed by atoms with van der Waals surface area (Å²) in [5.41, 5.74) is 1.56. The molecule has 0 unspecified atom stereocenters. The normalized spacial score (nSPS) is 24.3. The molecule has 63 heavy (non-hydrogen) atoms. The zero-order valence-electron chi connectivity index (χ0n) is 34.3. The van der Waals surface area contributed by atoms with Crippen LogP contribution in [0.5, 0.6) is 0 Å². The van der Waals surface area contributed by atoms with Crippen LogP contribution in [0.1, 0.15) is 39.2 Å². The molecular weight excluding hydrogens is 830 g/mol. The molecule has 3 aliphatic rings. The van der Waals surface area contributed by atoms with Crippen LogP contribution in [-0.2, 0) is 44.8 Å². The Morgan fingerprint density at radius 1 is 0.952 bits per heavy atom. The van der Waals surface area contributed by atoms with Crippen LogP contribution < -0.4 is 26.6 Å². The Bertz CT molecular complexity index is 2200. The van der Waals surface area contributed by atoms with Crippen molar-refractivity contribution in [2.45, 2.75) is 95.0 Å². The number of hydrogen-bond acceptors (Lipinski definition) is 17. The first-order chi connectivity index (χ1) is 30.1. The molecule has 2 saturated heterocycles. The molecule has 10 N–H and O–H groups in total. The van der Waals surface area contributed by atoms with E-state index in [2.05, 4.69) is 46.5 Å². The van der Waals surface area contributed by atoms with E-state index < -0.39 is 103 Å². The number of rotatable bonds is 16. The molecule has 0 aliphatic carbocycles. The third kappa shape index (κ3) is 10.7. The van der Waals surface area contributed by atoms with Crippen LogP contribution >= 0.6 is 0 Å². The van der Waals surface area contributed by atoms with E-state index in [0.29, 0.717) is 22.4 Å². The van der Waals surface area contributed by atoms with E-state index in [0.717, 1.165) is 22.0 Å². The number of aliphatic hydroxyl groups excluding tert-OH is 4. The van der Waals surface area contributed by atoms with Crippen LogP contribution in [0.2, 0.25) is 0 Å². The van der Waals surface area contributed by atoms with Crippen molar-refractivity contribution in [2.75, 3.05) is 30.3 Å². The van der Waals surface area contributed by atoms with Gasteiger partial charge >= 0.3 is 6.09 Å². The number of carbonyl (C=O) groups excluding carboxylic acids is 7. The molecule has 0 radical (unpaired) electrons. The van der Waals surface area contributed by atoms with Gasteiger partial charge in [0.05, 0.1) is 25.1 Å². The number of anilines is 2. The Balaban J connectivity index is 0.964. The van der Waals surface area contributed by atoms with Gasteiger partial charge in [-0.3, -0.25) is 38.6 Å². The van der Waals surface area contributed by atoms with Crippen molar-refractivity contribution in [2.24, 2.45) is 5.92 Å². The lowest BCUT2D eigenvalue weighted by atomic mass is 9.94. The van der Waals surface area contributed by atoms with Crippen LogP contribution in [0.3, 0.4) is 0 Å². The maximum atomic E-state index is 13.5. The molecule has 2 fully saturated rings. The zero-order valence-corrected chi connectivity index (χ0v) is 34.3. The first-order valence-corrected chi connectivity index (χ1v) is 20.0. The number of nitrogens with one attached hydrogen (secondary N) is 6. The summed E-state index contributed by atoms with van der Waals surface area (Å²) in [7, 11) is 0. The summed E-state index contributed by atoms with van der Waals surface area (Å²) in [6, 6.07) is 1.33. The summed E-state index contributed by atoms with van der Waals surface area (Å²) >= 11 is 0. The first-order valence-electron chi connectivity index (χ1n) is 20.0. The van der Waals surface area contributed by atoms with Crippen LogP contribution in [0.25, 0.3) is 11.2 Å². The zero-order chi connectivity index (χ0) is 45.5. The van der Waals surface area contributed by atoms with Gasteiger partial charge in [-0.15, -0.1) is 0 Å². The molecule has 338 valence electrons. The Hall–Kier alpha value is -6.60. The fourth-order valence-electron chi connectivity index (χ4n) is 7.15. The molecule has 2 aromatic heterocycles. The Kier molecular flexibility index (Phi) is 14.6. The molecule has 7 amide bonds. The topological polar surface area (TPSA) is 340 Å². The second-order valence-corrected chi connectivity index (χ2v) is 15.4. The predicted octanol–water partition coefficient (Wildman–Crippen LogP) is -2.64. The third-order valence-electron chi connectivity index (χ3n) is 10.7. The fraction of sp³-hybridized carbons (Fsp3) is 0.487. The molecule has 0 bridgehead atoms. The van der Waals surface area contributed by atoms with Crippen LogP contribution in [-0.4, -0.2) is 166 Å². The van der Waals surface area contributed by atoms with Crippen molar-refractivity contribution in [1.29, 1.82) is 0 Å². The van der Waals surface area contributed by atoms with E-state index in [1.54, 1.807) is 26.0 Å². The summed E-state index contributed by atoms with van der Waals surface area (Å²) < 4.78 is 11.2. The van der Waals surface area contributed by atoms with Gasteiger partial charge in [-0.2, -0.15) is 0 Å². The second kappa shape index (κ2) is 20.1.